The van der Waals surface area contributed by atoms with Gasteiger partial charge in [0.25, 0.3) is 0 Å². The molecular weight excluding hydrogens is 172 g/mol. The van der Waals surface area contributed by atoms with Crippen LogP contribution in [-0.4, -0.2) is 12.7 Å². The highest BCUT2D eigenvalue weighted by molar-refractivity contribution is 5.04. The fraction of sp³-hybridized carbons (Fsp3) is 0.846. The van der Waals surface area contributed by atoms with E-state index in [0.29, 0.717) is 6.10 Å². The van der Waals surface area contributed by atoms with Gasteiger partial charge in [-0.1, -0.05) is 26.8 Å². The molecule has 0 aliphatic carbocycles. The Bertz CT molecular complexity index is 159. The van der Waals surface area contributed by atoms with Gasteiger partial charge < -0.3 is 4.74 Å². The van der Waals surface area contributed by atoms with E-state index in [1.54, 1.807) is 0 Å². The molecule has 0 saturated heterocycles. The first-order chi connectivity index (χ1) is 6.61. The highest BCUT2D eigenvalue weighted by Crippen LogP contribution is 2.16. The van der Waals surface area contributed by atoms with Crippen molar-refractivity contribution >= 4 is 0 Å². The molecule has 1 unspecified atom stereocenters. The highest BCUT2D eigenvalue weighted by atomic mass is 16.5. The summed E-state index contributed by atoms with van der Waals surface area (Å²) in [5, 5.41) is 0. The molecule has 0 aromatic rings. The lowest BCUT2D eigenvalue weighted by molar-refractivity contribution is 0.0779. The third kappa shape index (κ3) is 6.20. The summed E-state index contributed by atoms with van der Waals surface area (Å²) in [6.45, 7) is 11.8. The second-order valence-electron chi connectivity index (χ2n) is 4.27. The van der Waals surface area contributed by atoms with Crippen LogP contribution in [0.1, 0.15) is 53.9 Å². The van der Waals surface area contributed by atoms with Gasteiger partial charge in [-0.2, -0.15) is 0 Å². The van der Waals surface area contributed by atoms with Crippen LogP contribution in [0.3, 0.4) is 0 Å². The Kier molecular flexibility index (Phi) is 7.87. The zero-order valence-corrected chi connectivity index (χ0v) is 10.5. The topological polar surface area (TPSA) is 9.23 Å². The van der Waals surface area contributed by atoms with E-state index in [4.69, 9.17) is 4.74 Å². The molecule has 84 valence electrons. The molecule has 1 atom stereocenters. The third-order valence-corrected chi connectivity index (χ3v) is 2.41. The molecule has 0 aliphatic rings. The second-order valence-corrected chi connectivity index (χ2v) is 4.27. The first kappa shape index (κ1) is 13.7. The van der Waals surface area contributed by atoms with Gasteiger partial charge >= 0.3 is 0 Å². The molecule has 0 fully saturated rings. The van der Waals surface area contributed by atoms with Crippen molar-refractivity contribution in [2.45, 2.75) is 60.0 Å². The summed E-state index contributed by atoms with van der Waals surface area (Å²) in [7, 11) is 0. The molecule has 0 N–H and O–H groups in total. The molecule has 14 heavy (non-hydrogen) atoms. The molecule has 0 aromatic heterocycles. The quantitative estimate of drug-likeness (QED) is 0.557. The Balaban J connectivity index is 4.06. The lowest BCUT2D eigenvalue weighted by atomic mass is 10.00. The van der Waals surface area contributed by atoms with E-state index >= 15 is 0 Å². The first-order valence-electron chi connectivity index (χ1n) is 5.90. The number of hydrogen-bond donors (Lipinski definition) is 0. The summed E-state index contributed by atoms with van der Waals surface area (Å²) in [5.74, 6) is 0.771. The van der Waals surface area contributed by atoms with E-state index in [9.17, 15) is 0 Å². The fourth-order valence-electron chi connectivity index (χ4n) is 1.58. The number of ether oxygens (including phenoxy) is 1. The van der Waals surface area contributed by atoms with E-state index in [-0.39, 0.29) is 0 Å². The number of allylic oxidation sites excluding steroid dienone is 1. The smallest absolute Gasteiger partial charge is 0.0782 e. The molecular formula is C13H26O. The van der Waals surface area contributed by atoms with Crippen molar-refractivity contribution in [3.63, 3.8) is 0 Å². The van der Waals surface area contributed by atoms with Crippen LogP contribution in [0.2, 0.25) is 0 Å². The van der Waals surface area contributed by atoms with Gasteiger partial charge in [0.1, 0.15) is 0 Å². The van der Waals surface area contributed by atoms with Crippen molar-refractivity contribution in [2.75, 3.05) is 6.61 Å². The van der Waals surface area contributed by atoms with Crippen LogP contribution in [0.25, 0.3) is 0 Å². The SMILES string of the molecule is CCC=C(C)C(CCC(C)C)OCC. The summed E-state index contributed by atoms with van der Waals surface area (Å²) in [5.41, 5.74) is 1.40. The van der Waals surface area contributed by atoms with Crippen LogP contribution in [0.5, 0.6) is 0 Å². The molecule has 0 aromatic carbocycles. The minimum atomic E-state index is 0.349. The molecule has 0 rings (SSSR count). The second kappa shape index (κ2) is 8.05. The van der Waals surface area contributed by atoms with Gasteiger partial charge in [-0.05, 0) is 44.6 Å². The standard InChI is InChI=1S/C13H26O/c1-6-8-12(5)13(14-7-2)10-9-11(3)4/h8,11,13H,6-7,9-10H2,1-5H3. The van der Waals surface area contributed by atoms with E-state index in [2.05, 4.69) is 40.7 Å². The van der Waals surface area contributed by atoms with Crippen LogP contribution in [0.15, 0.2) is 11.6 Å². The largest absolute Gasteiger partial charge is 0.374 e. The minimum absolute atomic E-state index is 0.349. The van der Waals surface area contributed by atoms with E-state index in [1.165, 1.54) is 12.0 Å². The summed E-state index contributed by atoms with van der Waals surface area (Å²) < 4.78 is 5.74. The molecule has 0 spiro atoms. The third-order valence-electron chi connectivity index (χ3n) is 2.41. The Labute approximate surface area is 89.5 Å². The summed E-state index contributed by atoms with van der Waals surface area (Å²) >= 11 is 0. The Morgan fingerprint density at radius 2 is 1.86 bits per heavy atom. The molecule has 1 nitrogen and oxygen atoms in total. The van der Waals surface area contributed by atoms with Crippen molar-refractivity contribution in [1.82, 2.24) is 0 Å². The molecule has 0 aliphatic heterocycles. The maximum Gasteiger partial charge on any atom is 0.0782 e. The molecule has 0 amide bonds. The van der Waals surface area contributed by atoms with Crippen molar-refractivity contribution < 1.29 is 4.74 Å². The van der Waals surface area contributed by atoms with Crippen LogP contribution < -0.4 is 0 Å². The van der Waals surface area contributed by atoms with Gasteiger partial charge in [0.15, 0.2) is 0 Å². The van der Waals surface area contributed by atoms with Gasteiger partial charge in [0, 0.05) is 6.61 Å². The lowest BCUT2D eigenvalue weighted by Gasteiger charge is -2.19. The number of rotatable bonds is 7. The number of hydrogen-bond acceptors (Lipinski definition) is 1. The normalized spacial score (nSPS) is 14.9. The molecule has 0 saturated carbocycles. The van der Waals surface area contributed by atoms with Gasteiger partial charge in [0.2, 0.25) is 0 Å². The van der Waals surface area contributed by atoms with E-state index in [0.717, 1.165) is 25.4 Å². The van der Waals surface area contributed by atoms with Crippen molar-refractivity contribution in [1.29, 1.82) is 0 Å². The fourth-order valence-corrected chi connectivity index (χ4v) is 1.58. The van der Waals surface area contributed by atoms with Crippen LogP contribution in [0.4, 0.5) is 0 Å². The zero-order chi connectivity index (χ0) is 11.0. The Morgan fingerprint density at radius 3 is 2.29 bits per heavy atom. The van der Waals surface area contributed by atoms with Crippen molar-refractivity contribution in [3.8, 4) is 0 Å². The maximum absolute atomic E-state index is 5.74. The highest BCUT2D eigenvalue weighted by Gasteiger charge is 2.10. The van der Waals surface area contributed by atoms with Gasteiger partial charge in [0.05, 0.1) is 6.10 Å². The van der Waals surface area contributed by atoms with Crippen LogP contribution in [-0.2, 0) is 4.74 Å². The average Bonchev–Trinajstić information content (AvgIpc) is 2.12. The Morgan fingerprint density at radius 1 is 1.21 bits per heavy atom. The van der Waals surface area contributed by atoms with Crippen LogP contribution >= 0.6 is 0 Å². The minimum Gasteiger partial charge on any atom is -0.374 e. The van der Waals surface area contributed by atoms with Gasteiger partial charge in [-0.25, -0.2) is 0 Å². The molecule has 0 heterocycles. The molecule has 0 bridgehead atoms. The first-order valence-corrected chi connectivity index (χ1v) is 5.90. The Hall–Kier alpha value is -0.300. The van der Waals surface area contributed by atoms with Crippen LogP contribution in [0, 0.1) is 5.92 Å². The zero-order valence-electron chi connectivity index (χ0n) is 10.5. The van der Waals surface area contributed by atoms with Gasteiger partial charge in [-0.3, -0.25) is 0 Å². The van der Waals surface area contributed by atoms with E-state index in [1.807, 2.05) is 0 Å². The molecule has 0 radical (unpaired) electrons. The van der Waals surface area contributed by atoms with Crippen molar-refractivity contribution in [2.24, 2.45) is 5.92 Å². The predicted octanol–water partition coefficient (Wildman–Crippen LogP) is 4.18. The monoisotopic (exact) mass is 198 g/mol. The molecule has 1 heteroatoms. The lowest BCUT2D eigenvalue weighted by Crippen LogP contribution is -2.15. The van der Waals surface area contributed by atoms with Crippen molar-refractivity contribution in [3.05, 3.63) is 11.6 Å². The summed E-state index contributed by atoms with van der Waals surface area (Å²) in [4.78, 5) is 0. The summed E-state index contributed by atoms with van der Waals surface area (Å²) in [6.07, 6.45) is 6.15. The van der Waals surface area contributed by atoms with E-state index < -0.39 is 0 Å². The average molecular weight is 198 g/mol. The van der Waals surface area contributed by atoms with Gasteiger partial charge in [-0.15, -0.1) is 0 Å². The summed E-state index contributed by atoms with van der Waals surface area (Å²) in [6, 6.07) is 0. The predicted molar refractivity (Wildman–Crippen MR) is 63.5 cm³/mol. The maximum atomic E-state index is 5.74.